The van der Waals surface area contributed by atoms with Crippen LogP contribution in [-0.4, -0.2) is 35.5 Å². The van der Waals surface area contributed by atoms with Crippen LogP contribution in [0.2, 0.25) is 0 Å². The Kier molecular flexibility index (Phi) is 4.11. The van der Waals surface area contributed by atoms with Gasteiger partial charge in [0, 0.05) is 25.2 Å². The first-order valence-electron chi connectivity index (χ1n) is 6.79. The molecule has 1 fully saturated rings. The van der Waals surface area contributed by atoms with Crippen LogP contribution in [0.15, 0.2) is 18.2 Å². The minimum atomic E-state index is -0.353. The Balaban J connectivity index is 2.15. The number of benzene rings is 1. The van der Waals surface area contributed by atoms with Crippen LogP contribution in [0.1, 0.15) is 31.9 Å². The molecule has 0 saturated carbocycles. The summed E-state index contributed by atoms with van der Waals surface area (Å²) in [7, 11) is 0. The molecule has 1 aliphatic heterocycles. The zero-order valence-corrected chi connectivity index (χ0v) is 12.2. The molecule has 0 radical (unpaired) electrons. The Hall–Kier alpha value is -1.46. The second kappa shape index (κ2) is 5.50. The van der Waals surface area contributed by atoms with Crippen molar-refractivity contribution < 1.29 is 9.13 Å². The van der Waals surface area contributed by atoms with Gasteiger partial charge in [0.25, 0.3) is 0 Å². The fraction of sp³-hybridized carbons (Fsp3) is 0.533. The lowest BCUT2D eigenvalue weighted by Gasteiger charge is -2.41. The Bertz CT molecular complexity index is 516. The van der Waals surface area contributed by atoms with Crippen molar-refractivity contribution in [3.05, 3.63) is 35.1 Å². The molecule has 1 unspecified atom stereocenters. The van der Waals surface area contributed by atoms with Crippen LogP contribution >= 0.6 is 0 Å². The number of morpholine rings is 1. The summed E-state index contributed by atoms with van der Waals surface area (Å²) in [5.74, 6) is -0.463. The topological polar surface area (TPSA) is 62.3 Å². The molecule has 0 aromatic heterocycles. The molecule has 110 valence electrons. The van der Waals surface area contributed by atoms with Crippen LogP contribution in [0.5, 0.6) is 0 Å². The van der Waals surface area contributed by atoms with Gasteiger partial charge in [0.1, 0.15) is 11.7 Å². The Morgan fingerprint density at radius 2 is 2.20 bits per heavy atom. The largest absolute Gasteiger partial charge is 0.384 e. The van der Waals surface area contributed by atoms with E-state index in [1.807, 2.05) is 6.92 Å². The summed E-state index contributed by atoms with van der Waals surface area (Å²) >= 11 is 0. The van der Waals surface area contributed by atoms with Crippen molar-refractivity contribution in [1.29, 1.82) is 5.41 Å². The number of hydrogen-bond donors (Lipinski definition) is 2. The van der Waals surface area contributed by atoms with Crippen LogP contribution in [0.4, 0.5) is 4.39 Å². The van der Waals surface area contributed by atoms with Crippen molar-refractivity contribution in [2.45, 2.75) is 39.0 Å². The molecule has 0 bridgehead atoms. The van der Waals surface area contributed by atoms with Crippen molar-refractivity contribution >= 4 is 5.84 Å². The van der Waals surface area contributed by atoms with Gasteiger partial charge in [-0.3, -0.25) is 10.3 Å². The SMILES string of the molecule is CC1CN(Cc2cc(F)cc(C(=N)N)c2)CC(C)(C)O1. The van der Waals surface area contributed by atoms with E-state index in [9.17, 15) is 4.39 Å². The zero-order chi connectivity index (χ0) is 14.9. The third kappa shape index (κ3) is 3.77. The van der Waals surface area contributed by atoms with Gasteiger partial charge >= 0.3 is 0 Å². The number of ether oxygens (including phenoxy) is 1. The summed E-state index contributed by atoms with van der Waals surface area (Å²) in [6.07, 6.45) is 0.152. The lowest BCUT2D eigenvalue weighted by Crippen LogP contribution is -2.51. The summed E-state index contributed by atoms with van der Waals surface area (Å²) in [6, 6.07) is 4.57. The fourth-order valence-corrected chi connectivity index (χ4v) is 2.86. The molecule has 1 aromatic carbocycles. The number of nitrogen functional groups attached to an aromatic ring is 1. The van der Waals surface area contributed by atoms with E-state index in [1.54, 1.807) is 6.07 Å². The van der Waals surface area contributed by atoms with Crippen molar-refractivity contribution in [3.63, 3.8) is 0 Å². The first-order chi connectivity index (χ1) is 9.25. The molecule has 5 heteroatoms. The summed E-state index contributed by atoms with van der Waals surface area (Å²) in [4.78, 5) is 2.24. The monoisotopic (exact) mass is 279 g/mol. The predicted molar refractivity (Wildman–Crippen MR) is 77.3 cm³/mol. The van der Waals surface area contributed by atoms with E-state index >= 15 is 0 Å². The molecular formula is C15H22FN3O. The van der Waals surface area contributed by atoms with Gasteiger partial charge in [0.05, 0.1) is 11.7 Å². The molecule has 4 nitrogen and oxygen atoms in total. The average Bonchev–Trinajstić information content (AvgIpc) is 2.24. The molecule has 1 aromatic rings. The van der Waals surface area contributed by atoms with Gasteiger partial charge in [-0.05, 0) is 44.5 Å². The number of hydrogen-bond acceptors (Lipinski definition) is 3. The van der Waals surface area contributed by atoms with Gasteiger partial charge in [-0.15, -0.1) is 0 Å². The van der Waals surface area contributed by atoms with E-state index in [4.69, 9.17) is 15.9 Å². The molecule has 1 heterocycles. The van der Waals surface area contributed by atoms with Crippen molar-refractivity contribution in [3.8, 4) is 0 Å². The predicted octanol–water partition coefficient (Wildman–Crippen LogP) is 2.11. The van der Waals surface area contributed by atoms with Crippen molar-refractivity contribution in [2.24, 2.45) is 5.73 Å². The highest BCUT2D eigenvalue weighted by Gasteiger charge is 2.31. The van der Waals surface area contributed by atoms with Crippen molar-refractivity contribution in [1.82, 2.24) is 4.90 Å². The fourth-order valence-electron chi connectivity index (χ4n) is 2.86. The third-order valence-electron chi connectivity index (χ3n) is 3.31. The number of rotatable bonds is 3. The molecule has 20 heavy (non-hydrogen) atoms. The maximum Gasteiger partial charge on any atom is 0.124 e. The second-order valence-electron chi connectivity index (χ2n) is 6.12. The highest BCUT2D eigenvalue weighted by molar-refractivity contribution is 5.95. The van der Waals surface area contributed by atoms with Crippen LogP contribution in [0.3, 0.4) is 0 Å². The Labute approximate surface area is 119 Å². The van der Waals surface area contributed by atoms with Crippen LogP contribution in [0.25, 0.3) is 0 Å². The van der Waals surface area contributed by atoms with Crippen LogP contribution < -0.4 is 5.73 Å². The van der Waals surface area contributed by atoms with Gasteiger partial charge in [-0.25, -0.2) is 4.39 Å². The first-order valence-corrected chi connectivity index (χ1v) is 6.79. The van der Waals surface area contributed by atoms with Gasteiger partial charge in [-0.1, -0.05) is 0 Å². The number of nitrogens with two attached hydrogens (primary N) is 1. The first kappa shape index (κ1) is 14.9. The molecule has 0 aliphatic carbocycles. The maximum absolute atomic E-state index is 13.6. The molecule has 0 amide bonds. The standard InChI is InChI=1S/C15H22FN3O/c1-10-7-19(9-15(2,3)20-10)8-11-4-12(14(17)18)6-13(16)5-11/h4-6,10H,7-9H2,1-3H3,(H3,17,18). The van der Waals surface area contributed by atoms with Gasteiger partial charge in [-0.2, -0.15) is 0 Å². The van der Waals surface area contributed by atoms with Gasteiger partial charge in [0.15, 0.2) is 0 Å². The van der Waals surface area contributed by atoms with E-state index < -0.39 is 0 Å². The molecular weight excluding hydrogens is 257 g/mol. The molecule has 0 spiro atoms. The Morgan fingerprint density at radius 1 is 1.50 bits per heavy atom. The molecule has 3 N–H and O–H groups in total. The number of nitrogens with zero attached hydrogens (tertiary/aromatic N) is 1. The van der Waals surface area contributed by atoms with E-state index in [2.05, 4.69) is 18.7 Å². The van der Waals surface area contributed by atoms with E-state index in [1.165, 1.54) is 12.1 Å². The minimum Gasteiger partial charge on any atom is -0.384 e. The van der Waals surface area contributed by atoms with Gasteiger partial charge < -0.3 is 10.5 Å². The molecule has 1 atom stereocenters. The summed E-state index contributed by atoms with van der Waals surface area (Å²) in [5, 5.41) is 7.42. The summed E-state index contributed by atoms with van der Waals surface area (Å²) in [5.41, 5.74) is 6.50. The number of nitrogens with one attached hydrogen (secondary N) is 1. The Morgan fingerprint density at radius 3 is 2.80 bits per heavy atom. The smallest absolute Gasteiger partial charge is 0.124 e. The second-order valence-corrected chi connectivity index (χ2v) is 6.12. The van der Waals surface area contributed by atoms with Crippen molar-refractivity contribution in [2.75, 3.05) is 13.1 Å². The minimum absolute atomic E-state index is 0.110. The lowest BCUT2D eigenvalue weighted by atomic mass is 10.0. The normalized spacial score (nSPS) is 22.7. The van der Waals surface area contributed by atoms with E-state index in [0.29, 0.717) is 12.1 Å². The van der Waals surface area contributed by atoms with Crippen LogP contribution in [-0.2, 0) is 11.3 Å². The highest BCUT2D eigenvalue weighted by Crippen LogP contribution is 2.22. The maximum atomic E-state index is 13.6. The highest BCUT2D eigenvalue weighted by atomic mass is 19.1. The zero-order valence-electron chi connectivity index (χ0n) is 12.2. The molecule has 1 saturated heterocycles. The molecule has 2 rings (SSSR count). The van der Waals surface area contributed by atoms with Crippen LogP contribution in [0, 0.1) is 11.2 Å². The summed E-state index contributed by atoms with van der Waals surface area (Å²) in [6.45, 7) is 8.40. The third-order valence-corrected chi connectivity index (χ3v) is 3.31. The lowest BCUT2D eigenvalue weighted by molar-refractivity contribution is -0.130. The van der Waals surface area contributed by atoms with E-state index in [-0.39, 0.29) is 23.4 Å². The van der Waals surface area contributed by atoms with E-state index in [0.717, 1.165) is 18.7 Å². The van der Waals surface area contributed by atoms with Gasteiger partial charge in [0.2, 0.25) is 0 Å². The quantitative estimate of drug-likeness (QED) is 0.658. The average molecular weight is 279 g/mol. The number of halogens is 1. The molecule has 1 aliphatic rings. The summed E-state index contributed by atoms with van der Waals surface area (Å²) < 4.78 is 19.4. The number of amidine groups is 1.